The Bertz CT molecular complexity index is 1430. The van der Waals surface area contributed by atoms with E-state index in [0.717, 1.165) is 38.5 Å². The van der Waals surface area contributed by atoms with Crippen molar-refractivity contribution in [1.82, 2.24) is 5.32 Å². The van der Waals surface area contributed by atoms with E-state index in [1.807, 2.05) is 6.08 Å². The average molecular weight is 1280 g/mol. The number of nitrogens with one attached hydrogen (secondary N) is 1. The van der Waals surface area contributed by atoms with Gasteiger partial charge in [-0.2, -0.15) is 0 Å². The van der Waals surface area contributed by atoms with Gasteiger partial charge in [-0.1, -0.05) is 436 Å². The van der Waals surface area contributed by atoms with Gasteiger partial charge in [0.15, 0.2) is 0 Å². The molecule has 0 aliphatic rings. The number of aliphatic hydroxyl groups excluding tert-OH is 2. The van der Waals surface area contributed by atoms with Crippen LogP contribution < -0.4 is 5.32 Å². The van der Waals surface area contributed by atoms with Gasteiger partial charge in [0, 0.05) is 12.8 Å². The third-order valence-corrected chi connectivity index (χ3v) is 20.0. The van der Waals surface area contributed by atoms with Crippen molar-refractivity contribution in [2.75, 3.05) is 13.2 Å². The molecule has 0 aliphatic carbocycles. The van der Waals surface area contributed by atoms with Gasteiger partial charge < -0.3 is 20.3 Å². The standard InChI is InChI=1S/C85H165NO5/c1-3-5-7-9-11-13-15-17-19-21-22-23-24-36-39-42-46-49-53-57-61-65-69-73-77-83(88)82(81-87)86-84(89)78-74-70-66-62-58-54-50-47-43-40-37-34-32-30-28-26-25-27-29-31-33-35-38-41-44-48-52-56-60-64-68-72-76-80-91-85(90)79-75-71-67-63-59-55-51-45-20-18-16-14-12-10-8-6-4-2/h29,31,73,77,82-83,87-88H,3-28,30,32-72,74-76,78-81H2,1-2H3,(H,86,89)/b31-29-,77-73+. The van der Waals surface area contributed by atoms with Gasteiger partial charge in [-0.25, -0.2) is 0 Å². The maximum atomic E-state index is 12.6. The van der Waals surface area contributed by atoms with Gasteiger partial charge in [0.25, 0.3) is 0 Å². The number of hydrogen-bond donors (Lipinski definition) is 3. The lowest BCUT2D eigenvalue weighted by Gasteiger charge is -2.20. The van der Waals surface area contributed by atoms with E-state index >= 15 is 0 Å². The van der Waals surface area contributed by atoms with Crippen LogP contribution in [0.1, 0.15) is 483 Å². The second kappa shape index (κ2) is 80.8. The Balaban J connectivity index is 3.36. The number of esters is 1. The van der Waals surface area contributed by atoms with E-state index in [4.69, 9.17) is 4.74 Å². The Morgan fingerprint density at radius 3 is 0.780 bits per heavy atom. The van der Waals surface area contributed by atoms with E-state index in [1.54, 1.807) is 6.08 Å². The summed E-state index contributed by atoms with van der Waals surface area (Å²) in [6.07, 6.45) is 105. The van der Waals surface area contributed by atoms with Gasteiger partial charge in [-0.3, -0.25) is 9.59 Å². The highest BCUT2D eigenvalue weighted by Gasteiger charge is 2.18. The normalized spacial score (nSPS) is 12.5. The lowest BCUT2D eigenvalue weighted by Crippen LogP contribution is -2.45. The summed E-state index contributed by atoms with van der Waals surface area (Å²) in [6.45, 7) is 4.97. The number of aliphatic hydroxyl groups is 2. The fourth-order valence-corrected chi connectivity index (χ4v) is 13.6. The zero-order valence-electron chi connectivity index (χ0n) is 62.1. The molecule has 0 bridgehead atoms. The summed E-state index contributed by atoms with van der Waals surface area (Å²) >= 11 is 0. The second-order valence-corrected chi connectivity index (χ2v) is 29.2. The van der Waals surface area contributed by atoms with E-state index in [0.29, 0.717) is 19.4 Å². The lowest BCUT2D eigenvalue weighted by molar-refractivity contribution is -0.143. The maximum Gasteiger partial charge on any atom is 0.305 e. The van der Waals surface area contributed by atoms with Crippen LogP contribution in [0.25, 0.3) is 0 Å². The summed E-state index contributed by atoms with van der Waals surface area (Å²) in [4.78, 5) is 24.7. The molecule has 0 heterocycles. The number of carbonyl (C=O) groups excluding carboxylic acids is 2. The summed E-state index contributed by atoms with van der Waals surface area (Å²) in [5.74, 6) is -0.0356. The van der Waals surface area contributed by atoms with Crippen LogP contribution in [0.5, 0.6) is 0 Å². The van der Waals surface area contributed by atoms with E-state index in [-0.39, 0.29) is 18.5 Å². The van der Waals surface area contributed by atoms with E-state index < -0.39 is 12.1 Å². The topological polar surface area (TPSA) is 95.9 Å². The minimum atomic E-state index is -0.844. The first kappa shape index (κ1) is 89.3. The summed E-state index contributed by atoms with van der Waals surface area (Å²) in [5, 5.41) is 23.3. The molecule has 0 saturated carbocycles. The van der Waals surface area contributed by atoms with E-state index in [1.165, 1.54) is 417 Å². The molecule has 6 heteroatoms. The molecule has 6 nitrogen and oxygen atoms in total. The van der Waals surface area contributed by atoms with Crippen LogP contribution in [-0.4, -0.2) is 47.4 Å². The van der Waals surface area contributed by atoms with Crippen molar-refractivity contribution in [3.63, 3.8) is 0 Å². The molecule has 0 fully saturated rings. The molecule has 3 N–H and O–H groups in total. The molecule has 0 radical (unpaired) electrons. The number of unbranched alkanes of at least 4 members (excludes halogenated alkanes) is 67. The van der Waals surface area contributed by atoms with Crippen LogP contribution in [0, 0.1) is 0 Å². The predicted octanol–water partition coefficient (Wildman–Crippen LogP) is 28.0. The number of rotatable bonds is 80. The molecule has 540 valence electrons. The average Bonchev–Trinajstić information content (AvgIpc) is 3.64. The molecule has 0 rings (SSSR count). The SMILES string of the molecule is CCCCCCCCCCCCCCCCCCCCCCCC/C=C/C(O)C(CO)NC(=O)CCCCCCCCCCCCCCCCCCC/C=C\CCCCCCCCCCCCCCOC(=O)CCCCCCCCCCCCCCCCCCC. The minimum absolute atomic E-state index is 0.0236. The molecular weight excluding hydrogens is 1110 g/mol. The molecule has 2 unspecified atom stereocenters. The second-order valence-electron chi connectivity index (χ2n) is 29.2. The zero-order valence-corrected chi connectivity index (χ0v) is 62.1. The Morgan fingerprint density at radius 2 is 0.516 bits per heavy atom. The molecule has 0 aromatic heterocycles. The van der Waals surface area contributed by atoms with Gasteiger partial charge in [-0.15, -0.1) is 0 Å². The van der Waals surface area contributed by atoms with E-state index in [9.17, 15) is 19.8 Å². The minimum Gasteiger partial charge on any atom is -0.466 e. The van der Waals surface area contributed by atoms with Crippen molar-refractivity contribution in [2.24, 2.45) is 0 Å². The van der Waals surface area contributed by atoms with Crippen LogP contribution in [0.15, 0.2) is 24.3 Å². The molecule has 0 saturated heterocycles. The predicted molar refractivity (Wildman–Crippen MR) is 403 cm³/mol. The summed E-state index contributed by atoms with van der Waals surface area (Å²) in [5.41, 5.74) is 0. The summed E-state index contributed by atoms with van der Waals surface area (Å²) in [7, 11) is 0. The summed E-state index contributed by atoms with van der Waals surface area (Å²) < 4.78 is 5.52. The Labute approximate surface area is 571 Å². The van der Waals surface area contributed by atoms with Gasteiger partial charge >= 0.3 is 5.97 Å². The Kier molecular flexibility index (Phi) is 79.3. The van der Waals surface area contributed by atoms with Crippen LogP contribution in [0.3, 0.4) is 0 Å². The van der Waals surface area contributed by atoms with Crippen molar-refractivity contribution in [2.45, 2.75) is 495 Å². The molecular formula is C85H165NO5. The van der Waals surface area contributed by atoms with Crippen molar-refractivity contribution >= 4 is 11.9 Å². The fraction of sp³-hybridized carbons (Fsp3) is 0.929. The Morgan fingerprint density at radius 1 is 0.297 bits per heavy atom. The van der Waals surface area contributed by atoms with Gasteiger partial charge in [0.2, 0.25) is 5.91 Å². The van der Waals surface area contributed by atoms with Gasteiger partial charge in [0.05, 0.1) is 25.4 Å². The smallest absolute Gasteiger partial charge is 0.305 e. The van der Waals surface area contributed by atoms with Crippen molar-refractivity contribution < 1.29 is 24.5 Å². The van der Waals surface area contributed by atoms with Gasteiger partial charge in [-0.05, 0) is 57.8 Å². The highest BCUT2D eigenvalue weighted by molar-refractivity contribution is 5.76. The third kappa shape index (κ3) is 77.2. The summed E-state index contributed by atoms with van der Waals surface area (Å²) in [6, 6.07) is -0.627. The number of hydrogen-bond acceptors (Lipinski definition) is 5. The number of allylic oxidation sites excluding steroid dienone is 3. The fourth-order valence-electron chi connectivity index (χ4n) is 13.6. The van der Waals surface area contributed by atoms with Crippen LogP contribution in [-0.2, 0) is 14.3 Å². The van der Waals surface area contributed by atoms with Crippen LogP contribution in [0.2, 0.25) is 0 Å². The van der Waals surface area contributed by atoms with Crippen molar-refractivity contribution in [1.29, 1.82) is 0 Å². The first-order valence-corrected chi connectivity index (χ1v) is 42.1. The molecule has 2 atom stereocenters. The largest absolute Gasteiger partial charge is 0.466 e. The molecule has 0 spiro atoms. The van der Waals surface area contributed by atoms with Crippen LogP contribution >= 0.6 is 0 Å². The Hall–Kier alpha value is -1.66. The number of amides is 1. The molecule has 0 aromatic carbocycles. The van der Waals surface area contributed by atoms with Crippen molar-refractivity contribution in [3.8, 4) is 0 Å². The quantitative estimate of drug-likeness (QED) is 0.0320. The maximum absolute atomic E-state index is 12.6. The molecule has 91 heavy (non-hydrogen) atoms. The lowest BCUT2D eigenvalue weighted by atomic mass is 10.0. The highest BCUT2D eigenvalue weighted by atomic mass is 16.5. The van der Waals surface area contributed by atoms with Crippen molar-refractivity contribution in [3.05, 3.63) is 24.3 Å². The molecule has 0 aromatic rings. The number of ether oxygens (including phenoxy) is 1. The third-order valence-electron chi connectivity index (χ3n) is 20.0. The zero-order chi connectivity index (χ0) is 65.6. The van der Waals surface area contributed by atoms with E-state index in [2.05, 4.69) is 31.3 Å². The molecule has 1 amide bonds. The number of carbonyl (C=O) groups is 2. The first-order chi connectivity index (χ1) is 45.0. The molecule has 0 aliphatic heterocycles. The van der Waals surface area contributed by atoms with Gasteiger partial charge in [0.1, 0.15) is 0 Å². The highest BCUT2D eigenvalue weighted by Crippen LogP contribution is 2.20. The first-order valence-electron chi connectivity index (χ1n) is 42.1. The van der Waals surface area contributed by atoms with Crippen LogP contribution in [0.4, 0.5) is 0 Å². The monoisotopic (exact) mass is 1280 g/mol.